The van der Waals surface area contributed by atoms with Gasteiger partial charge in [-0.25, -0.2) is 0 Å². The molecule has 1 amide bonds. The summed E-state index contributed by atoms with van der Waals surface area (Å²) in [5.41, 5.74) is 0.941. The second-order valence-electron chi connectivity index (χ2n) is 5.62. The monoisotopic (exact) mass is 380 g/mol. The standard InChI is InChI=1S/C17H12N6O3S/c1-10-19-20-17-22(10)21-16(27-17)11-6-2-4-8-13(11)18-15(24)12-7-3-5-9-14(12)23(25)26/h2-9H,1H3,(H,18,24). The predicted octanol–water partition coefficient (Wildman–Crippen LogP) is 3.32. The van der Waals surface area contributed by atoms with Gasteiger partial charge in [-0.2, -0.15) is 9.61 Å². The van der Waals surface area contributed by atoms with Crippen LogP contribution in [0.2, 0.25) is 0 Å². The van der Waals surface area contributed by atoms with Crippen LogP contribution >= 0.6 is 11.3 Å². The number of carbonyl (C=O) groups is 1. The smallest absolute Gasteiger partial charge is 0.282 e. The van der Waals surface area contributed by atoms with Crippen molar-refractivity contribution in [2.45, 2.75) is 6.92 Å². The molecular weight excluding hydrogens is 368 g/mol. The molecule has 0 aliphatic carbocycles. The topological polar surface area (TPSA) is 115 Å². The number of nitro groups is 1. The van der Waals surface area contributed by atoms with E-state index in [1.165, 1.54) is 29.5 Å². The first-order valence-electron chi connectivity index (χ1n) is 7.87. The average molecular weight is 380 g/mol. The molecule has 10 heteroatoms. The number of nitrogens with one attached hydrogen (secondary N) is 1. The highest BCUT2D eigenvalue weighted by Crippen LogP contribution is 2.32. The van der Waals surface area contributed by atoms with E-state index in [0.717, 1.165) is 0 Å². The molecule has 0 aliphatic rings. The maximum Gasteiger partial charge on any atom is 0.282 e. The lowest BCUT2D eigenvalue weighted by Gasteiger charge is -2.09. The van der Waals surface area contributed by atoms with E-state index >= 15 is 0 Å². The van der Waals surface area contributed by atoms with Gasteiger partial charge in [0.25, 0.3) is 11.6 Å². The van der Waals surface area contributed by atoms with Crippen LogP contribution in [0.15, 0.2) is 48.5 Å². The third kappa shape index (κ3) is 3.02. The molecule has 2 aromatic carbocycles. The molecule has 0 bridgehead atoms. The van der Waals surface area contributed by atoms with Crippen molar-refractivity contribution < 1.29 is 9.72 Å². The lowest BCUT2D eigenvalue weighted by molar-refractivity contribution is -0.385. The molecule has 0 fully saturated rings. The summed E-state index contributed by atoms with van der Waals surface area (Å²) in [5.74, 6) is 0.0999. The molecule has 0 unspecified atom stereocenters. The number of anilines is 1. The first-order chi connectivity index (χ1) is 13.0. The molecule has 1 N–H and O–H groups in total. The van der Waals surface area contributed by atoms with E-state index in [9.17, 15) is 14.9 Å². The first-order valence-corrected chi connectivity index (χ1v) is 8.69. The fourth-order valence-electron chi connectivity index (χ4n) is 2.62. The van der Waals surface area contributed by atoms with Gasteiger partial charge in [-0.15, -0.1) is 10.2 Å². The maximum atomic E-state index is 12.6. The van der Waals surface area contributed by atoms with Gasteiger partial charge in [0.1, 0.15) is 10.6 Å². The van der Waals surface area contributed by atoms with Crippen LogP contribution < -0.4 is 5.32 Å². The van der Waals surface area contributed by atoms with Crippen molar-refractivity contribution in [3.05, 3.63) is 70.0 Å². The Kier molecular flexibility index (Phi) is 4.09. The van der Waals surface area contributed by atoms with Gasteiger partial charge in [-0.1, -0.05) is 35.6 Å². The third-order valence-electron chi connectivity index (χ3n) is 3.90. The SMILES string of the molecule is Cc1nnc2sc(-c3ccccc3NC(=O)c3ccccc3[N+](=O)[O-])nn12. The number of nitrogens with zero attached hydrogens (tertiary/aromatic N) is 5. The second-order valence-corrected chi connectivity index (χ2v) is 6.58. The summed E-state index contributed by atoms with van der Waals surface area (Å²) < 4.78 is 1.63. The zero-order valence-corrected chi connectivity index (χ0v) is 14.8. The molecule has 134 valence electrons. The zero-order valence-electron chi connectivity index (χ0n) is 14.0. The van der Waals surface area contributed by atoms with E-state index in [1.54, 1.807) is 29.6 Å². The number of aromatic nitrogens is 4. The largest absolute Gasteiger partial charge is 0.321 e. The lowest BCUT2D eigenvalue weighted by atomic mass is 10.1. The number of amides is 1. The predicted molar refractivity (Wildman–Crippen MR) is 99.9 cm³/mol. The molecule has 9 nitrogen and oxygen atoms in total. The van der Waals surface area contributed by atoms with Gasteiger partial charge in [0.2, 0.25) is 4.96 Å². The molecular formula is C17H12N6O3S. The van der Waals surface area contributed by atoms with E-state index in [1.807, 2.05) is 12.1 Å². The van der Waals surface area contributed by atoms with Crippen molar-refractivity contribution >= 4 is 33.6 Å². The Morgan fingerprint density at radius 2 is 1.89 bits per heavy atom. The summed E-state index contributed by atoms with van der Waals surface area (Å²) in [5, 5.41) is 27.0. The van der Waals surface area contributed by atoms with Crippen LogP contribution in [0.25, 0.3) is 15.5 Å². The first kappa shape index (κ1) is 16.8. The number of hydrogen-bond donors (Lipinski definition) is 1. The van der Waals surface area contributed by atoms with Gasteiger partial charge in [0, 0.05) is 11.6 Å². The number of fused-ring (bicyclic) bond motifs is 1. The zero-order chi connectivity index (χ0) is 19.0. The third-order valence-corrected chi connectivity index (χ3v) is 4.83. The van der Waals surface area contributed by atoms with E-state index < -0.39 is 10.8 Å². The van der Waals surface area contributed by atoms with Crippen LogP contribution in [0.3, 0.4) is 0 Å². The van der Waals surface area contributed by atoms with Crippen LogP contribution in [-0.2, 0) is 0 Å². The molecule has 4 rings (SSSR count). The van der Waals surface area contributed by atoms with Crippen molar-refractivity contribution in [2.75, 3.05) is 5.32 Å². The molecule has 4 aromatic rings. The van der Waals surface area contributed by atoms with E-state index in [0.29, 0.717) is 27.0 Å². The van der Waals surface area contributed by atoms with Gasteiger partial charge in [-0.3, -0.25) is 14.9 Å². The Morgan fingerprint density at radius 3 is 2.67 bits per heavy atom. The van der Waals surface area contributed by atoms with Crippen molar-refractivity contribution in [2.24, 2.45) is 0 Å². The van der Waals surface area contributed by atoms with E-state index in [4.69, 9.17) is 0 Å². The number of carbonyl (C=O) groups excluding carboxylic acids is 1. The number of benzene rings is 2. The van der Waals surface area contributed by atoms with E-state index in [2.05, 4.69) is 20.6 Å². The van der Waals surface area contributed by atoms with Crippen molar-refractivity contribution in [1.82, 2.24) is 19.8 Å². The average Bonchev–Trinajstić information content (AvgIpc) is 3.24. The van der Waals surface area contributed by atoms with Crippen molar-refractivity contribution in [1.29, 1.82) is 0 Å². The second kappa shape index (κ2) is 6.57. The molecule has 0 aliphatic heterocycles. The molecule has 0 spiro atoms. The Bertz CT molecular complexity index is 1180. The molecule has 0 saturated heterocycles. The summed E-state index contributed by atoms with van der Waals surface area (Å²) in [6.07, 6.45) is 0. The normalized spacial score (nSPS) is 10.9. The summed E-state index contributed by atoms with van der Waals surface area (Å²) >= 11 is 1.34. The fraction of sp³-hybridized carbons (Fsp3) is 0.0588. The minimum Gasteiger partial charge on any atom is -0.321 e. The highest BCUT2D eigenvalue weighted by atomic mass is 32.1. The van der Waals surface area contributed by atoms with Gasteiger partial charge in [-0.05, 0) is 25.1 Å². The Hall–Kier alpha value is -3.66. The maximum absolute atomic E-state index is 12.6. The minimum absolute atomic E-state index is 0.00807. The van der Waals surface area contributed by atoms with Crippen LogP contribution in [0.4, 0.5) is 11.4 Å². The Morgan fingerprint density at radius 1 is 1.15 bits per heavy atom. The molecule has 2 heterocycles. The number of aryl methyl sites for hydroxylation is 1. The molecule has 2 aromatic heterocycles. The van der Waals surface area contributed by atoms with E-state index in [-0.39, 0.29) is 11.3 Å². The highest BCUT2D eigenvalue weighted by Gasteiger charge is 2.21. The van der Waals surface area contributed by atoms with Crippen LogP contribution in [0, 0.1) is 17.0 Å². The number of nitro benzene ring substituents is 1. The van der Waals surface area contributed by atoms with Gasteiger partial charge >= 0.3 is 0 Å². The van der Waals surface area contributed by atoms with Crippen LogP contribution in [0.5, 0.6) is 0 Å². The molecule has 0 radical (unpaired) electrons. The van der Waals surface area contributed by atoms with Gasteiger partial charge in [0.05, 0.1) is 10.6 Å². The lowest BCUT2D eigenvalue weighted by Crippen LogP contribution is -2.14. The van der Waals surface area contributed by atoms with Crippen LogP contribution in [-0.4, -0.2) is 30.6 Å². The Labute approximate surface area is 156 Å². The molecule has 27 heavy (non-hydrogen) atoms. The molecule has 0 saturated carbocycles. The van der Waals surface area contributed by atoms with Crippen LogP contribution in [0.1, 0.15) is 16.2 Å². The number of para-hydroxylation sites is 2. The van der Waals surface area contributed by atoms with Gasteiger partial charge < -0.3 is 5.32 Å². The van der Waals surface area contributed by atoms with Crippen molar-refractivity contribution in [3.8, 4) is 10.6 Å². The summed E-state index contributed by atoms with van der Waals surface area (Å²) in [6, 6.07) is 12.9. The fourth-order valence-corrected chi connectivity index (χ4v) is 3.54. The summed E-state index contributed by atoms with van der Waals surface area (Å²) in [7, 11) is 0. The van der Waals surface area contributed by atoms with Crippen molar-refractivity contribution in [3.63, 3.8) is 0 Å². The summed E-state index contributed by atoms with van der Waals surface area (Å²) in [4.78, 5) is 23.9. The quantitative estimate of drug-likeness (QED) is 0.429. The van der Waals surface area contributed by atoms with Gasteiger partial charge in [0.15, 0.2) is 5.82 Å². The Balaban J connectivity index is 1.71. The minimum atomic E-state index is -0.577. The number of hydrogen-bond acceptors (Lipinski definition) is 7. The number of rotatable bonds is 4. The summed E-state index contributed by atoms with van der Waals surface area (Å²) in [6.45, 7) is 1.80. The highest BCUT2D eigenvalue weighted by molar-refractivity contribution is 7.19. The molecule has 0 atom stereocenters.